The zero-order chi connectivity index (χ0) is 21.0. The summed E-state index contributed by atoms with van der Waals surface area (Å²) in [6.07, 6.45) is 2.72. The fraction of sp³-hybridized carbons (Fsp3) is 0.333. The SMILES string of the molecule is Cc1cccc(C)c1-c1cc2cnc(NCCCN(C)C)nc2nc1NC(N)=O. The summed E-state index contributed by atoms with van der Waals surface area (Å²) in [4.78, 5) is 27.2. The normalized spacial score (nSPS) is 11.1. The van der Waals surface area contributed by atoms with Gasteiger partial charge in [0.2, 0.25) is 5.95 Å². The first-order chi connectivity index (χ1) is 13.8. The number of fused-ring (bicyclic) bond motifs is 1. The second kappa shape index (κ2) is 8.83. The van der Waals surface area contributed by atoms with E-state index in [-0.39, 0.29) is 0 Å². The van der Waals surface area contributed by atoms with Crippen molar-refractivity contribution in [1.82, 2.24) is 19.9 Å². The zero-order valence-corrected chi connectivity index (χ0v) is 17.3. The van der Waals surface area contributed by atoms with E-state index < -0.39 is 6.03 Å². The van der Waals surface area contributed by atoms with E-state index in [0.717, 1.165) is 47.2 Å². The van der Waals surface area contributed by atoms with Crippen molar-refractivity contribution in [2.45, 2.75) is 20.3 Å². The highest BCUT2D eigenvalue weighted by molar-refractivity contribution is 5.96. The summed E-state index contributed by atoms with van der Waals surface area (Å²) in [6.45, 7) is 5.79. The summed E-state index contributed by atoms with van der Waals surface area (Å²) in [5.74, 6) is 0.897. The number of anilines is 2. The van der Waals surface area contributed by atoms with Gasteiger partial charge in [-0.05, 0) is 63.7 Å². The smallest absolute Gasteiger partial charge is 0.317 e. The number of rotatable bonds is 7. The lowest BCUT2D eigenvalue weighted by atomic mass is 9.95. The van der Waals surface area contributed by atoms with Gasteiger partial charge in [-0.15, -0.1) is 0 Å². The molecular weight excluding hydrogens is 366 g/mol. The van der Waals surface area contributed by atoms with Gasteiger partial charge < -0.3 is 16.0 Å². The minimum atomic E-state index is -0.666. The summed E-state index contributed by atoms with van der Waals surface area (Å²) in [7, 11) is 4.08. The van der Waals surface area contributed by atoms with E-state index in [9.17, 15) is 4.79 Å². The van der Waals surface area contributed by atoms with Gasteiger partial charge in [0.1, 0.15) is 5.82 Å². The molecule has 0 spiro atoms. The molecule has 2 aromatic heterocycles. The van der Waals surface area contributed by atoms with Crippen molar-refractivity contribution in [1.29, 1.82) is 0 Å². The second-order valence-electron chi connectivity index (χ2n) is 7.33. The molecule has 29 heavy (non-hydrogen) atoms. The number of pyridine rings is 1. The number of nitrogens with one attached hydrogen (secondary N) is 2. The third-order valence-corrected chi connectivity index (χ3v) is 4.63. The summed E-state index contributed by atoms with van der Waals surface area (Å²) in [5, 5.41) is 6.65. The molecule has 3 aromatic rings. The Kier molecular flexibility index (Phi) is 6.23. The minimum Gasteiger partial charge on any atom is -0.354 e. The van der Waals surface area contributed by atoms with Crippen LogP contribution < -0.4 is 16.4 Å². The Morgan fingerprint density at radius 2 is 1.90 bits per heavy atom. The van der Waals surface area contributed by atoms with Crippen LogP contribution in [0, 0.1) is 13.8 Å². The highest BCUT2D eigenvalue weighted by Gasteiger charge is 2.15. The molecule has 2 heterocycles. The monoisotopic (exact) mass is 393 g/mol. The number of urea groups is 1. The third-order valence-electron chi connectivity index (χ3n) is 4.63. The Labute approximate surface area is 170 Å². The van der Waals surface area contributed by atoms with Gasteiger partial charge in [0.15, 0.2) is 5.65 Å². The summed E-state index contributed by atoms with van der Waals surface area (Å²) < 4.78 is 0. The lowest BCUT2D eigenvalue weighted by Gasteiger charge is -2.15. The number of nitrogens with zero attached hydrogens (tertiary/aromatic N) is 4. The maximum Gasteiger partial charge on any atom is 0.317 e. The van der Waals surface area contributed by atoms with Crippen LogP contribution in [-0.4, -0.2) is 53.1 Å². The number of carbonyl (C=O) groups excluding carboxylic acids is 1. The van der Waals surface area contributed by atoms with Gasteiger partial charge in [-0.2, -0.15) is 4.98 Å². The van der Waals surface area contributed by atoms with Gasteiger partial charge >= 0.3 is 6.03 Å². The molecule has 0 fully saturated rings. The van der Waals surface area contributed by atoms with E-state index in [1.54, 1.807) is 6.20 Å². The highest BCUT2D eigenvalue weighted by Crippen LogP contribution is 2.34. The number of hydrogen-bond acceptors (Lipinski definition) is 6. The number of nitrogens with two attached hydrogens (primary N) is 1. The van der Waals surface area contributed by atoms with Crippen molar-refractivity contribution in [2.24, 2.45) is 5.73 Å². The molecule has 0 unspecified atom stereocenters. The Hall–Kier alpha value is -3.26. The highest BCUT2D eigenvalue weighted by atomic mass is 16.2. The van der Waals surface area contributed by atoms with Gasteiger partial charge in [-0.25, -0.2) is 14.8 Å². The molecule has 0 aliphatic carbocycles. The second-order valence-corrected chi connectivity index (χ2v) is 7.33. The molecule has 0 atom stereocenters. The van der Waals surface area contributed by atoms with Gasteiger partial charge in [-0.1, -0.05) is 18.2 Å². The fourth-order valence-corrected chi connectivity index (χ4v) is 3.29. The predicted octanol–water partition coefficient (Wildman–Crippen LogP) is 3.16. The number of amides is 2. The number of aryl methyl sites for hydroxylation is 2. The fourth-order valence-electron chi connectivity index (χ4n) is 3.29. The Bertz CT molecular complexity index is 1010. The van der Waals surface area contributed by atoms with Crippen LogP contribution in [0.15, 0.2) is 30.5 Å². The van der Waals surface area contributed by atoms with E-state index in [2.05, 4.69) is 30.5 Å². The van der Waals surface area contributed by atoms with Crippen molar-refractivity contribution in [3.8, 4) is 11.1 Å². The Morgan fingerprint density at radius 1 is 1.17 bits per heavy atom. The molecule has 3 rings (SSSR count). The average molecular weight is 393 g/mol. The minimum absolute atomic E-state index is 0.389. The van der Waals surface area contributed by atoms with Crippen LogP contribution in [-0.2, 0) is 0 Å². The Balaban J connectivity index is 2.00. The molecule has 0 radical (unpaired) electrons. The van der Waals surface area contributed by atoms with E-state index in [0.29, 0.717) is 17.4 Å². The molecule has 1 aromatic carbocycles. The van der Waals surface area contributed by atoms with Gasteiger partial charge in [0, 0.05) is 23.7 Å². The van der Waals surface area contributed by atoms with Crippen LogP contribution in [0.3, 0.4) is 0 Å². The predicted molar refractivity (Wildman–Crippen MR) is 117 cm³/mol. The molecule has 0 aliphatic rings. The first-order valence-electron chi connectivity index (χ1n) is 9.54. The maximum atomic E-state index is 11.6. The van der Waals surface area contributed by atoms with Crippen LogP contribution in [0.4, 0.5) is 16.6 Å². The summed E-state index contributed by atoms with van der Waals surface area (Å²) >= 11 is 0. The number of primary amides is 1. The standard InChI is InChI=1S/C21H27N7O/c1-13-7-5-8-14(2)17(13)16-11-15-12-24-21(23-9-6-10-28(3)4)27-18(15)25-19(16)26-20(22)29/h5,7-8,11-12H,6,9-10H2,1-4H3,(H4,22,23,24,25,26,27,29). The van der Waals surface area contributed by atoms with Gasteiger partial charge in [0.05, 0.1) is 0 Å². The lowest BCUT2D eigenvalue weighted by molar-refractivity contribution is 0.259. The average Bonchev–Trinajstić information content (AvgIpc) is 2.64. The van der Waals surface area contributed by atoms with E-state index in [4.69, 9.17) is 5.73 Å². The first-order valence-corrected chi connectivity index (χ1v) is 9.54. The van der Waals surface area contributed by atoms with Crippen LogP contribution >= 0.6 is 0 Å². The molecule has 0 saturated carbocycles. The largest absolute Gasteiger partial charge is 0.354 e. The van der Waals surface area contributed by atoms with Gasteiger partial charge in [-0.3, -0.25) is 5.32 Å². The van der Waals surface area contributed by atoms with Crippen LogP contribution in [0.1, 0.15) is 17.5 Å². The molecule has 4 N–H and O–H groups in total. The molecule has 0 aliphatic heterocycles. The van der Waals surface area contributed by atoms with Crippen molar-refractivity contribution < 1.29 is 4.79 Å². The topological polar surface area (TPSA) is 109 Å². The molecule has 0 saturated heterocycles. The number of hydrogen-bond donors (Lipinski definition) is 3. The first kappa shape index (κ1) is 20.5. The molecular formula is C21H27N7O. The van der Waals surface area contributed by atoms with Crippen LogP contribution in [0.5, 0.6) is 0 Å². The number of carbonyl (C=O) groups is 1. The maximum absolute atomic E-state index is 11.6. The Morgan fingerprint density at radius 3 is 2.55 bits per heavy atom. The van der Waals surface area contributed by atoms with Gasteiger partial charge in [0.25, 0.3) is 0 Å². The molecule has 8 heteroatoms. The quantitative estimate of drug-likeness (QED) is 0.532. The van der Waals surface area contributed by atoms with E-state index >= 15 is 0 Å². The van der Waals surface area contributed by atoms with Crippen molar-refractivity contribution in [2.75, 3.05) is 37.8 Å². The zero-order valence-electron chi connectivity index (χ0n) is 17.3. The summed E-state index contributed by atoms with van der Waals surface area (Å²) in [6, 6.07) is 7.33. The van der Waals surface area contributed by atoms with Crippen LogP contribution in [0.2, 0.25) is 0 Å². The molecule has 152 valence electrons. The number of aromatic nitrogens is 3. The third kappa shape index (κ3) is 4.97. The van der Waals surface area contributed by atoms with Crippen molar-refractivity contribution >= 4 is 28.8 Å². The van der Waals surface area contributed by atoms with Crippen molar-refractivity contribution in [3.05, 3.63) is 41.6 Å². The van der Waals surface area contributed by atoms with E-state index in [1.807, 2.05) is 52.2 Å². The molecule has 2 amide bonds. The summed E-state index contributed by atoms with van der Waals surface area (Å²) in [5.41, 5.74) is 9.85. The van der Waals surface area contributed by atoms with Crippen molar-refractivity contribution in [3.63, 3.8) is 0 Å². The van der Waals surface area contributed by atoms with Crippen LogP contribution in [0.25, 0.3) is 22.2 Å². The molecule has 0 bridgehead atoms. The molecule has 8 nitrogen and oxygen atoms in total. The lowest BCUT2D eigenvalue weighted by Crippen LogP contribution is -2.21. The van der Waals surface area contributed by atoms with E-state index in [1.165, 1.54) is 0 Å². The number of benzene rings is 1.